The van der Waals surface area contributed by atoms with Crippen LogP contribution < -0.4 is 4.72 Å². The number of hydrogen-bond donors (Lipinski definition) is 1. The van der Waals surface area contributed by atoms with E-state index in [-0.39, 0.29) is 18.2 Å². The molecule has 0 spiro atoms. The lowest BCUT2D eigenvalue weighted by molar-refractivity contribution is 0.0569. The second-order valence-electron chi connectivity index (χ2n) is 10.2. The molecule has 13 nitrogen and oxygen atoms in total. The van der Waals surface area contributed by atoms with Crippen LogP contribution in [0.5, 0.6) is 0 Å². The fourth-order valence-electron chi connectivity index (χ4n) is 3.07. The molecule has 3 rings (SSSR count). The molecule has 192 valence electrons. The number of tetrazole rings is 1. The second kappa shape index (κ2) is 9.91. The molecule has 0 aromatic carbocycles. The van der Waals surface area contributed by atoms with Crippen molar-refractivity contribution < 1.29 is 22.7 Å². The number of aromatic nitrogens is 7. The molecule has 15 heteroatoms. The van der Waals surface area contributed by atoms with Crippen molar-refractivity contribution >= 4 is 24.4 Å². The summed E-state index contributed by atoms with van der Waals surface area (Å²) in [5.41, 5.74) is 0.415. The van der Waals surface area contributed by atoms with Crippen molar-refractivity contribution in [3.05, 3.63) is 24.7 Å². The number of carbonyl (C=O) groups is 1. The van der Waals surface area contributed by atoms with Gasteiger partial charge in [0.2, 0.25) is 5.82 Å². The van der Waals surface area contributed by atoms with Crippen LogP contribution in [-0.2, 0) is 33.5 Å². The molecule has 0 saturated carbocycles. The highest BCUT2D eigenvalue weighted by Crippen LogP contribution is 2.32. The van der Waals surface area contributed by atoms with Crippen LogP contribution in [0.4, 0.5) is 4.79 Å². The molecule has 3 heterocycles. The van der Waals surface area contributed by atoms with Gasteiger partial charge in [0.05, 0.1) is 6.20 Å². The van der Waals surface area contributed by atoms with Crippen LogP contribution in [0.2, 0.25) is 25.7 Å². The van der Waals surface area contributed by atoms with Gasteiger partial charge in [-0.25, -0.2) is 13.5 Å². The first kappa shape index (κ1) is 26.6. The van der Waals surface area contributed by atoms with Gasteiger partial charge in [0.15, 0.2) is 0 Å². The molecule has 3 aromatic heterocycles. The van der Waals surface area contributed by atoms with Gasteiger partial charge >= 0.3 is 16.3 Å². The number of aryl methyl sites for hydroxylation is 1. The number of hydrogen-bond acceptors (Lipinski definition) is 9. The van der Waals surface area contributed by atoms with Gasteiger partial charge in [-0.15, -0.1) is 5.10 Å². The number of ether oxygens (including phenoxy) is 2. The Kier molecular flexibility index (Phi) is 7.52. The van der Waals surface area contributed by atoms with E-state index in [4.69, 9.17) is 9.47 Å². The minimum atomic E-state index is -4.41. The van der Waals surface area contributed by atoms with Crippen LogP contribution in [0.1, 0.15) is 20.8 Å². The standard InChI is InChI=1S/C20H32N8O5SSi/c1-20(2,3)33-19(29)23-34(30,31)28-9-8-16(15-12-21-26(4)13-15)17(28)18-22-24-25-27(18)14-32-10-11-35(5,6)7/h8-9,12-13H,10-11,14H2,1-7H3,(H,23,29). The first-order chi connectivity index (χ1) is 16.2. The average Bonchev–Trinajstić information content (AvgIpc) is 3.40. The zero-order chi connectivity index (χ0) is 26.0. The van der Waals surface area contributed by atoms with Crippen molar-refractivity contribution in [2.75, 3.05) is 6.61 Å². The van der Waals surface area contributed by atoms with Gasteiger partial charge in [0.1, 0.15) is 18.0 Å². The third-order valence-corrected chi connectivity index (χ3v) is 7.64. The van der Waals surface area contributed by atoms with E-state index in [1.165, 1.54) is 10.9 Å². The fourth-order valence-corrected chi connectivity index (χ4v) is 4.82. The monoisotopic (exact) mass is 524 g/mol. The summed E-state index contributed by atoms with van der Waals surface area (Å²) in [7, 11) is -3.96. The normalized spacial score (nSPS) is 12.7. The van der Waals surface area contributed by atoms with Crippen LogP contribution in [0, 0.1) is 0 Å². The molecular weight excluding hydrogens is 492 g/mol. The lowest BCUT2D eigenvalue weighted by Gasteiger charge is -2.20. The van der Waals surface area contributed by atoms with Gasteiger partial charge in [-0.05, 0) is 43.3 Å². The molecule has 0 fully saturated rings. The van der Waals surface area contributed by atoms with Crippen LogP contribution in [0.3, 0.4) is 0 Å². The highest BCUT2D eigenvalue weighted by molar-refractivity contribution is 7.88. The van der Waals surface area contributed by atoms with Crippen LogP contribution in [0.15, 0.2) is 24.7 Å². The van der Waals surface area contributed by atoms with E-state index >= 15 is 0 Å². The van der Waals surface area contributed by atoms with E-state index in [0.29, 0.717) is 17.7 Å². The van der Waals surface area contributed by atoms with Gasteiger partial charge in [0, 0.05) is 45.2 Å². The lowest BCUT2D eigenvalue weighted by atomic mass is 10.1. The molecule has 0 radical (unpaired) electrons. The maximum atomic E-state index is 13.2. The van der Waals surface area contributed by atoms with E-state index in [2.05, 4.69) is 40.3 Å². The molecule has 35 heavy (non-hydrogen) atoms. The summed E-state index contributed by atoms with van der Waals surface area (Å²) in [4.78, 5) is 12.2. The third-order valence-electron chi connectivity index (χ3n) is 4.69. The Hall–Kier alpha value is -3.04. The Balaban J connectivity index is 2.00. The molecule has 0 unspecified atom stereocenters. The predicted octanol–water partition coefficient (Wildman–Crippen LogP) is 2.47. The highest BCUT2D eigenvalue weighted by Gasteiger charge is 2.29. The third kappa shape index (κ3) is 6.99. The molecule has 0 aliphatic carbocycles. The van der Waals surface area contributed by atoms with Crippen molar-refractivity contribution in [3.8, 4) is 22.6 Å². The van der Waals surface area contributed by atoms with Gasteiger partial charge < -0.3 is 9.47 Å². The van der Waals surface area contributed by atoms with Gasteiger partial charge in [-0.3, -0.25) is 4.68 Å². The Morgan fingerprint density at radius 1 is 1.23 bits per heavy atom. The summed E-state index contributed by atoms with van der Waals surface area (Å²) >= 11 is 0. The SMILES string of the molecule is Cn1cc(-c2ccn(S(=O)(=O)NC(=O)OC(C)(C)C)c2-c2nnnn2COCC[Si](C)(C)C)cn1. The maximum Gasteiger partial charge on any atom is 0.422 e. The minimum Gasteiger partial charge on any atom is -0.443 e. The van der Waals surface area contributed by atoms with Crippen molar-refractivity contribution in [2.45, 2.75) is 58.8 Å². The summed E-state index contributed by atoms with van der Waals surface area (Å²) in [6, 6.07) is 2.54. The molecule has 3 aromatic rings. The molecular formula is C20H32N8O5SSi. The van der Waals surface area contributed by atoms with E-state index < -0.39 is 30.0 Å². The van der Waals surface area contributed by atoms with Gasteiger partial charge in [-0.2, -0.15) is 18.2 Å². The summed E-state index contributed by atoms with van der Waals surface area (Å²) in [5.74, 6) is 0.149. The molecule has 1 amide bonds. The largest absolute Gasteiger partial charge is 0.443 e. The van der Waals surface area contributed by atoms with Crippen molar-refractivity contribution in [2.24, 2.45) is 7.05 Å². The number of nitrogens with zero attached hydrogens (tertiary/aromatic N) is 7. The summed E-state index contributed by atoms with van der Waals surface area (Å²) < 4.78 is 43.1. The Morgan fingerprint density at radius 2 is 1.94 bits per heavy atom. The molecule has 0 saturated heterocycles. The molecule has 0 atom stereocenters. The first-order valence-electron chi connectivity index (χ1n) is 11.0. The van der Waals surface area contributed by atoms with E-state index in [9.17, 15) is 13.2 Å². The fraction of sp³-hybridized carbons (Fsp3) is 0.550. The maximum absolute atomic E-state index is 13.2. The Bertz CT molecular complexity index is 1280. The zero-order valence-electron chi connectivity index (χ0n) is 21.0. The summed E-state index contributed by atoms with van der Waals surface area (Å²) in [6.45, 7) is 12.2. The first-order valence-corrected chi connectivity index (χ1v) is 16.1. The number of amides is 1. The average molecular weight is 525 g/mol. The quantitative estimate of drug-likeness (QED) is 0.329. The zero-order valence-corrected chi connectivity index (χ0v) is 22.8. The lowest BCUT2D eigenvalue weighted by Crippen LogP contribution is -2.39. The summed E-state index contributed by atoms with van der Waals surface area (Å²) in [5, 5.41) is 15.9. The number of nitrogens with one attached hydrogen (secondary N) is 1. The van der Waals surface area contributed by atoms with Gasteiger partial charge in [-0.1, -0.05) is 19.6 Å². The topological polar surface area (TPSA) is 148 Å². The minimum absolute atomic E-state index is 0.0318. The van der Waals surface area contributed by atoms with E-state index in [1.807, 2.05) is 4.72 Å². The smallest absolute Gasteiger partial charge is 0.422 e. The van der Waals surface area contributed by atoms with Crippen molar-refractivity contribution in [1.29, 1.82) is 0 Å². The Labute approximate surface area is 205 Å². The van der Waals surface area contributed by atoms with Crippen LogP contribution >= 0.6 is 0 Å². The molecule has 0 aliphatic rings. The Morgan fingerprint density at radius 3 is 2.54 bits per heavy atom. The van der Waals surface area contributed by atoms with E-state index in [0.717, 1.165) is 10.0 Å². The second-order valence-corrected chi connectivity index (χ2v) is 17.4. The van der Waals surface area contributed by atoms with Crippen LogP contribution in [0.25, 0.3) is 22.6 Å². The highest BCUT2D eigenvalue weighted by atomic mass is 32.2. The van der Waals surface area contributed by atoms with Crippen molar-refractivity contribution in [3.63, 3.8) is 0 Å². The van der Waals surface area contributed by atoms with Crippen LogP contribution in [-0.4, -0.2) is 68.8 Å². The summed E-state index contributed by atoms with van der Waals surface area (Å²) in [6.07, 6.45) is 3.54. The van der Waals surface area contributed by atoms with Gasteiger partial charge in [0.25, 0.3) is 0 Å². The molecule has 0 bridgehead atoms. The molecule has 0 aliphatic heterocycles. The molecule has 1 N–H and O–H groups in total. The predicted molar refractivity (Wildman–Crippen MR) is 131 cm³/mol. The number of carbonyl (C=O) groups excluding carboxylic acids is 1. The van der Waals surface area contributed by atoms with Crippen molar-refractivity contribution in [1.82, 2.24) is 38.7 Å². The number of rotatable bonds is 9. The van der Waals surface area contributed by atoms with E-state index in [1.54, 1.807) is 51.0 Å².